The van der Waals surface area contributed by atoms with Gasteiger partial charge < -0.3 is 0 Å². The van der Waals surface area contributed by atoms with Crippen molar-refractivity contribution < 1.29 is 0 Å². The van der Waals surface area contributed by atoms with Crippen molar-refractivity contribution in [1.82, 2.24) is 4.98 Å². The van der Waals surface area contributed by atoms with Crippen LogP contribution in [0.5, 0.6) is 0 Å². The van der Waals surface area contributed by atoms with Crippen molar-refractivity contribution in [3.63, 3.8) is 0 Å². The van der Waals surface area contributed by atoms with Crippen LogP contribution in [0, 0.1) is 6.92 Å². The number of nitrogens with zero attached hydrogens (tertiary/aromatic N) is 1. The van der Waals surface area contributed by atoms with Crippen LogP contribution in [0.15, 0.2) is 30.5 Å². The Balaban J connectivity index is 2.19. The number of pyridine rings is 1. The van der Waals surface area contributed by atoms with E-state index in [1.165, 1.54) is 24.8 Å². The summed E-state index contributed by atoms with van der Waals surface area (Å²) in [7, 11) is 0. The van der Waals surface area contributed by atoms with E-state index in [0.29, 0.717) is 5.92 Å². The highest BCUT2D eigenvalue weighted by Gasteiger charge is 2.10. The number of hydrogen-bond acceptors (Lipinski definition) is 1. The average Bonchev–Trinajstić information content (AvgIpc) is 2.20. The van der Waals surface area contributed by atoms with Crippen LogP contribution in [-0.4, -0.2) is 4.98 Å². The molecular formula is C12H15N. The molecule has 0 aromatic carbocycles. The number of aromatic nitrogens is 1. The molecule has 1 aromatic rings. The zero-order chi connectivity index (χ0) is 9.10. The Morgan fingerprint density at radius 3 is 2.92 bits per heavy atom. The summed E-state index contributed by atoms with van der Waals surface area (Å²) in [4.78, 5) is 4.32. The van der Waals surface area contributed by atoms with E-state index in [1.54, 1.807) is 0 Å². The lowest BCUT2D eigenvalue weighted by molar-refractivity contribution is 0.652. The third-order valence-corrected chi connectivity index (χ3v) is 2.62. The van der Waals surface area contributed by atoms with Crippen molar-refractivity contribution in [2.24, 2.45) is 0 Å². The van der Waals surface area contributed by atoms with Crippen LogP contribution >= 0.6 is 0 Å². The van der Waals surface area contributed by atoms with Crippen LogP contribution in [-0.2, 0) is 0 Å². The molecule has 1 aromatic heterocycles. The molecule has 1 aliphatic rings. The van der Waals surface area contributed by atoms with Crippen LogP contribution in [0.2, 0.25) is 0 Å². The molecule has 68 valence electrons. The molecule has 1 heteroatoms. The van der Waals surface area contributed by atoms with Crippen LogP contribution in [0.1, 0.15) is 36.4 Å². The maximum atomic E-state index is 4.32. The first-order valence-corrected chi connectivity index (χ1v) is 4.95. The molecule has 0 radical (unpaired) electrons. The molecule has 0 amide bonds. The van der Waals surface area contributed by atoms with E-state index >= 15 is 0 Å². The van der Waals surface area contributed by atoms with Crippen molar-refractivity contribution >= 4 is 0 Å². The van der Waals surface area contributed by atoms with Crippen molar-refractivity contribution in [3.8, 4) is 0 Å². The third kappa shape index (κ3) is 1.97. The average molecular weight is 173 g/mol. The van der Waals surface area contributed by atoms with Gasteiger partial charge in [0.1, 0.15) is 0 Å². The highest BCUT2D eigenvalue weighted by molar-refractivity contribution is 5.23. The predicted molar refractivity (Wildman–Crippen MR) is 54.7 cm³/mol. The normalized spacial score (nSPS) is 21.8. The molecule has 0 fully saturated rings. The molecule has 0 bridgehead atoms. The molecule has 1 atom stereocenters. The molecule has 1 nitrogen and oxygen atoms in total. The van der Waals surface area contributed by atoms with Gasteiger partial charge in [-0.25, -0.2) is 0 Å². The van der Waals surface area contributed by atoms with E-state index in [2.05, 4.69) is 29.3 Å². The molecule has 1 aliphatic carbocycles. The summed E-state index contributed by atoms with van der Waals surface area (Å²) in [5.41, 5.74) is 2.46. The summed E-state index contributed by atoms with van der Waals surface area (Å²) in [5, 5.41) is 0. The highest BCUT2D eigenvalue weighted by atomic mass is 14.7. The van der Waals surface area contributed by atoms with Gasteiger partial charge in [-0.05, 0) is 37.8 Å². The summed E-state index contributed by atoms with van der Waals surface area (Å²) in [6, 6.07) is 4.29. The maximum Gasteiger partial charge on any atom is 0.0372 e. The molecule has 0 aliphatic heterocycles. The Bertz CT molecular complexity index is 297. The number of aryl methyl sites for hydroxylation is 1. The minimum atomic E-state index is 0.613. The highest BCUT2D eigenvalue weighted by Crippen LogP contribution is 2.26. The lowest BCUT2D eigenvalue weighted by Crippen LogP contribution is -1.99. The second-order valence-electron chi connectivity index (χ2n) is 3.70. The SMILES string of the molecule is Cc1ccc([C@H]2C=CCCC2)cn1. The first kappa shape index (κ1) is 8.49. The fraction of sp³-hybridized carbons (Fsp3) is 0.417. The van der Waals surface area contributed by atoms with Gasteiger partial charge in [-0.3, -0.25) is 4.98 Å². The summed E-state index contributed by atoms with van der Waals surface area (Å²) < 4.78 is 0. The van der Waals surface area contributed by atoms with E-state index in [1.807, 2.05) is 13.1 Å². The van der Waals surface area contributed by atoms with E-state index < -0.39 is 0 Å². The fourth-order valence-corrected chi connectivity index (χ4v) is 1.79. The molecule has 0 saturated heterocycles. The Kier molecular flexibility index (Phi) is 2.44. The number of allylic oxidation sites excluding steroid dienone is 2. The minimum absolute atomic E-state index is 0.613. The van der Waals surface area contributed by atoms with Gasteiger partial charge in [0.2, 0.25) is 0 Å². The second kappa shape index (κ2) is 3.73. The minimum Gasteiger partial charge on any atom is -0.261 e. The van der Waals surface area contributed by atoms with Crippen LogP contribution in [0.3, 0.4) is 0 Å². The molecule has 0 N–H and O–H groups in total. The van der Waals surface area contributed by atoms with E-state index in [9.17, 15) is 0 Å². The van der Waals surface area contributed by atoms with Crippen molar-refractivity contribution in [2.45, 2.75) is 32.1 Å². The molecule has 13 heavy (non-hydrogen) atoms. The van der Waals surface area contributed by atoms with E-state index in [0.717, 1.165) is 5.69 Å². The number of hydrogen-bond donors (Lipinski definition) is 0. The smallest absolute Gasteiger partial charge is 0.0372 e. The Morgan fingerprint density at radius 1 is 1.38 bits per heavy atom. The molecule has 2 rings (SSSR count). The Hall–Kier alpha value is -1.11. The Labute approximate surface area is 79.5 Å². The summed E-state index contributed by atoms with van der Waals surface area (Å²) in [5.74, 6) is 0.613. The zero-order valence-electron chi connectivity index (χ0n) is 8.03. The van der Waals surface area contributed by atoms with Gasteiger partial charge in [-0.1, -0.05) is 18.2 Å². The van der Waals surface area contributed by atoms with Gasteiger partial charge in [0.05, 0.1) is 0 Å². The van der Waals surface area contributed by atoms with Gasteiger partial charge in [0.25, 0.3) is 0 Å². The second-order valence-corrected chi connectivity index (χ2v) is 3.70. The monoisotopic (exact) mass is 173 g/mol. The van der Waals surface area contributed by atoms with Gasteiger partial charge in [0, 0.05) is 17.8 Å². The van der Waals surface area contributed by atoms with Gasteiger partial charge >= 0.3 is 0 Å². The standard InChI is InChI=1S/C12H15N/c1-10-7-8-12(9-13-10)11-5-3-2-4-6-11/h3,5,7-9,11H,2,4,6H2,1H3/t11-/m0/s1. The number of rotatable bonds is 1. The maximum absolute atomic E-state index is 4.32. The quantitative estimate of drug-likeness (QED) is 0.594. The van der Waals surface area contributed by atoms with E-state index in [-0.39, 0.29) is 0 Å². The van der Waals surface area contributed by atoms with Crippen LogP contribution < -0.4 is 0 Å². The van der Waals surface area contributed by atoms with Gasteiger partial charge in [-0.15, -0.1) is 0 Å². The van der Waals surface area contributed by atoms with Crippen LogP contribution in [0.4, 0.5) is 0 Å². The predicted octanol–water partition coefficient (Wildman–Crippen LogP) is 3.21. The van der Waals surface area contributed by atoms with Gasteiger partial charge in [0.15, 0.2) is 0 Å². The van der Waals surface area contributed by atoms with Crippen molar-refractivity contribution in [2.75, 3.05) is 0 Å². The zero-order valence-corrected chi connectivity index (χ0v) is 8.03. The third-order valence-electron chi connectivity index (χ3n) is 2.62. The summed E-state index contributed by atoms with van der Waals surface area (Å²) >= 11 is 0. The molecular weight excluding hydrogens is 158 g/mol. The molecule has 0 saturated carbocycles. The van der Waals surface area contributed by atoms with Crippen molar-refractivity contribution in [3.05, 3.63) is 41.7 Å². The lowest BCUT2D eigenvalue weighted by Gasteiger charge is -2.16. The molecule has 0 unspecified atom stereocenters. The first-order valence-electron chi connectivity index (χ1n) is 4.95. The fourth-order valence-electron chi connectivity index (χ4n) is 1.79. The van der Waals surface area contributed by atoms with Gasteiger partial charge in [-0.2, -0.15) is 0 Å². The summed E-state index contributed by atoms with van der Waals surface area (Å²) in [6.07, 6.45) is 10.5. The lowest BCUT2D eigenvalue weighted by atomic mass is 9.90. The summed E-state index contributed by atoms with van der Waals surface area (Å²) in [6.45, 7) is 2.03. The van der Waals surface area contributed by atoms with Crippen molar-refractivity contribution in [1.29, 1.82) is 0 Å². The largest absolute Gasteiger partial charge is 0.261 e. The topological polar surface area (TPSA) is 12.9 Å². The molecule has 0 spiro atoms. The first-order chi connectivity index (χ1) is 6.36. The Morgan fingerprint density at radius 2 is 2.31 bits per heavy atom. The molecule has 1 heterocycles. The van der Waals surface area contributed by atoms with Crippen LogP contribution in [0.25, 0.3) is 0 Å². The van der Waals surface area contributed by atoms with E-state index in [4.69, 9.17) is 0 Å².